The third kappa shape index (κ3) is 4.42. The number of rotatable bonds is 4. The van der Waals surface area contributed by atoms with E-state index < -0.39 is 0 Å². The second-order valence-corrected chi connectivity index (χ2v) is 5.79. The van der Waals surface area contributed by atoms with Gasteiger partial charge in [-0.2, -0.15) is 0 Å². The van der Waals surface area contributed by atoms with Crippen molar-refractivity contribution >= 4 is 17.9 Å². The third-order valence-corrected chi connectivity index (χ3v) is 3.80. The highest BCUT2D eigenvalue weighted by Gasteiger charge is 2.02. The van der Waals surface area contributed by atoms with Crippen LogP contribution in [-0.4, -0.2) is 12.2 Å². The van der Waals surface area contributed by atoms with Crippen molar-refractivity contribution in [1.29, 1.82) is 0 Å². The quantitative estimate of drug-likeness (QED) is 0.368. The van der Waals surface area contributed by atoms with Gasteiger partial charge in [0.05, 0.1) is 5.69 Å². The Labute approximate surface area is 147 Å². The van der Waals surface area contributed by atoms with Gasteiger partial charge in [0.2, 0.25) is 0 Å². The van der Waals surface area contributed by atoms with Crippen LogP contribution in [0.15, 0.2) is 77.8 Å². The number of benzene rings is 3. The van der Waals surface area contributed by atoms with Gasteiger partial charge in [0.15, 0.2) is 0 Å². The summed E-state index contributed by atoms with van der Waals surface area (Å²) >= 11 is 0. The SMILES string of the molecule is CC(=O)Oc1ccc(N=Cc2ccc(-c3ccccc3)cc2)c(C)c1. The summed E-state index contributed by atoms with van der Waals surface area (Å²) in [6.07, 6.45) is 1.84. The standard InChI is InChI=1S/C22H19NO2/c1-16-14-21(25-17(2)24)12-13-22(16)23-15-18-8-10-20(11-9-18)19-6-4-3-5-7-19/h3-15H,1-2H3. The Morgan fingerprint density at radius 3 is 2.24 bits per heavy atom. The van der Waals surface area contributed by atoms with Crippen LogP contribution in [0.25, 0.3) is 11.1 Å². The zero-order valence-electron chi connectivity index (χ0n) is 14.3. The van der Waals surface area contributed by atoms with Gasteiger partial charge in [0.1, 0.15) is 5.75 Å². The van der Waals surface area contributed by atoms with Gasteiger partial charge >= 0.3 is 5.97 Å². The molecule has 124 valence electrons. The van der Waals surface area contributed by atoms with Crippen molar-refractivity contribution in [2.75, 3.05) is 0 Å². The van der Waals surface area contributed by atoms with Crippen LogP contribution in [0, 0.1) is 6.92 Å². The summed E-state index contributed by atoms with van der Waals surface area (Å²) in [5.41, 5.74) is 5.21. The van der Waals surface area contributed by atoms with Gasteiger partial charge in [-0.3, -0.25) is 9.79 Å². The van der Waals surface area contributed by atoms with E-state index in [1.165, 1.54) is 18.1 Å². The lowest BCUT2D eigenvalue weighted by Gasteiger charge is -2.05. The molecular weight excluding hydrogens is 310 g/mol. The van der Waals surface area contributed by atoms with Crippen LogP contribution in [0.5, 0.6) is 5.75 Å². The fourth-order valence-electron chi connectivity index (χ4n) is 2.54. The Morgan fingerprint density at radius 1 is 0.920 bits per heavy atom. The van der Waals surface area contributed by atoms with E-state index in [1.807, 2.05) is 55.6 Å². The molecule has 0 atom stereocenters. The Balaban J connectivity index is 1.75. The number of aryl methyl sites for hydroxylation is 1. The number of aliphatic imine (C=N–C) groups is 1. The molecule has 0 N–H and O–H groups in total. The summed E-state index contributed by atoms with van der Waals surface area (Å²) in [5, 5.41) is 0. The summed E-state index contributed by atoms with van der Waals surface area (Å²) in [6, 6.07) is 24.0. The van der Waals surface area contributed by atoms with E-state index in [9.17, 15) is 4.79 Å². The van der Waals surface area contributed by atoms with Crippen molar-refractivity contribution in [2.24, 2.45) is 4.99 Å². The predicted octanol–water partition coefficient (Wildman–Crippen LogP) is 5.34. The van der Waals surface area contributed by atoms with Crippen LogP contribution in [0.3, 0.4) is 0 Å². The van der Waals surface area contributed by atoms with Crippen LogP contribution in [0.4, 0.5) is 5.69 Å². The minimum Gasteiger partial charge on any atom is -0.427 e. The Hall–Kier alpha value is -3.20. The molecule has 0 radical (unpaired) electrons. The highest BCUT2D eigenvalue weighted by atomic mass is 16.5. The number of hydrogen-bond donors (Lipinski definition) is 0. The van der Waals surface area contributed by atoms with Crippen molar-refractivity contribution in [3.05, 3.63) is 83.9 Å². The predicted molar refractivity (Wildman–Crippen MR) is 102 cm³/mol. The zero-order valence-corrected chi connectivity index (χ0v) is 14.3. The lowest BCUT2D eigenvalue weighted by atomic mass is 10.0. The molecule has 3 aromatic carbocycles. The normalized spacial score (nSPS) is 10.8. The van der Waals surface area contributed by atoms with Crippen molar-refractivity contribution < 1.29 is 9.53 Å². The van der Waals surface area contributed by atoms with E-state index >= 15 is 0 Å². The van der Waals surface area contributed by atoms with Crippen LogP contribution in [0.1, 0.15) is 18.1 Å². The lowest BCUT2D eigenvalue weighted by Crippen LogP contribution is -2.01. The van der Waals surface area contributed by atoms with E-state index in [4.69, 9.17) is 4.74 Å². The highest BCUT2D eigenvalue weighted by Crippen LogP contribution is 2.24. The Morgan fingerprint density at radius 2 is 1.60 bits per heavy atom. The fraction of sp³-hybridized carbons (Fsp3) is 0.0909. The van der Waals surface area contributed by atoms with Gasteiger partial charge < -0.3 is 4.74 Å². The van der Waals surface area contributed by atoms with E-state index in [0.717, 1.165) is 16.8 Å². The largest absolute Gasteiger partial charge is 0.427 e. The summed E-state index contributed by atoms with van der Waals surface area (Å²) in [4.78, 5) is 15.5. The number of esters is 1. The van der Waals surface area contributed by atoms with Gasteiger partial charge in [-0.1, -0.05) is 54.6 Å². The average molecular weight is 329 g/mol. The minimum absolute atomic E-state index is 0.325. The second-order valence-electron chi connectivity index (χ2n) is 5.79. The first kappa shape index (κ1) is 16.7. The molecule has 0 bridgehead atoms. The van der Waals surface area contributed by atoms with Gasteiger partial charge in [-0.25, -0.2) is 0 Å². The smallest absolute Gasteiger partial charge is 0.308 e. The molecule has 0 unspecified atom stereocenters. The zero-order chi connectivity index (χ0) is 17.6. The number of ether oxygens (including phenoxy) is 1. The molecule has 25 heavy (non-hydrogen) atoms. The van der Waals surface area contributed by atoms with E-state index in [1.54, 1.807) is 6.07 Å². The van der Waals surface area contributed by atoms with E-state index in [2.05, 4.69) is 29.3 Å². The maximum absolute atomic E-state index is 11.0. The summed E-state index contributed by atoms with van der Waals surface area (Å²) < 4.78 is 5.08. The molecule has 0 aliphatic rings. The number of nitrogens with zero attached hydrogens (tertiary/aromatic N) is 1. The molecule has 3 aromatic rings. The molecule has 3 rings (SSSR count). The topological polar surface area (TPSA) is 38.7 Å². The van der Waals surface area contributed by atoms with E-state index in [-0.39, 0.29) is 5.97 Å². The molecule has 0 fully saturated rings. The van der Waals surface area contributed by atoms with E-state index in [0.29, 0.717) is 5.75 Å². The molecule has 0 heterocycles. The molecule has 0 amide bonds. The molecule has 0 saturated carbocycles. The summed E-state index contributed by atoms with van der Waals surface area (Å²) in [5.74, 6) is 0.213. The third-order valence-electron chi connectivity index (χ3n) is 3.80. The van der Waals surface area contributed by atoms with Crippen LogP contribution in [0.2, 0.25) is 0 Å². The number of hydrogen-bond acceptors (Lipinski definition) is 3. The summed E-state index contributed by atoms with van der Waals surface area (Å²) in [7, 11) is 0. The number of carbonyl (C=O) groups excluding carboxylic acids is 1. The van der Waals surface area contributed by atoms with Crippen LogP contribution < -0.4 is 4.74 Å². The number of carbonyl (C=O) groups is 1. The first-order chi connectivity index (χ1) is 12.1. The Bertz CT molecular complexity index is 897. The molecule has 3 nitrogen and oxygen atoms in total. The summed E-state index contributed by atoms with van der Waals surface area (Å²) in [6.45, 7) is 3.33. The maximum atomic E-state index is 11.0. The molecular formula is C22H19NO2. The van der Waals surface area contributed by atoms with Crippen LogP contribution >= 0.6 is 0 Å². The van der Waals surface area contributed by atoms with Crippen molar-refractivity contribution in [1.82, 2.24) is 0 Å². The molecule has 0 spiro atoms. The molecule has 0 saturated heterocycles. The highest BCUT2D eigenvalue weighted by molar-refractivity contribution is 5.83. The first-order valence-electron chi connectivity index (χ1n) is 8.10. The van der Waals surface area contributed by atoms with Gasteiger partial charge in [0.25, 0.3) is 0 Å². The van der Waals surface area contributed by atoms with Gasteiger partial charge in [0, 0.05) is 13.1 Å². The molecule has 0 aliphatic carbocycles. The van der Waals surface area contributed by atoms with Crippen molar-refractivity contribution in [3.8, 4) is 16.9 Å². The molecule has 3 heteroatoms. The minimum atomic E-state index is -0.325. The molecule has 0 aliphatic heterocycles. The Kier molecular flexibility index (Phi) is 5.05. The first-order valence-corrected chi connectivity index (χ1v) is 8.10. The maximum Gasteiger partial charge on any atom is 0.308 e. The lowest BCUT2D eigenvalue weighted by molar-refractivity contribution is -0.131. The van der Waals surface area contributed by atoms with Crippen molar-refractivity contribution in [3.63, 3.8) is 0 Å². The second kappa shape index (κ2) is 7.58. The van der Waals surface area contributed by atoms with Gasteiger partial charge in [-0.05, 0) is 47.4 Å². The average Bonchev–Trinajstić information content (AvgIpc) is 2.62. The van der Waals surface area contributed by atoms with Gasteiger partial charge in [-0.15, -0.1) is 0 Å². The fourth-order valence-corrected chi connectivity index (χ4v) is 2.54. The monoisotopic (exact) mass is 329 g/mol. The molecule has 0 aromatic heterocycles. The van der Waals surface area contributed by atoms with Crippen LogP contribution in [-0.2, 0) is 4.79 Å². The van der Waals surface area contributed by atoms with Crippen molar-refractivity contribution in [2.45, 2.75) is 13.8 Å².